The quantitative estimate of drug-likeness (QED) is 0.835. The summed E-state index contributed by atoms with van der Waals surface area (Å²) in [5.41, 5.74) is 5.33. The first kappa shape index (κ1) is 16.2. The number of hydrogen-bond donors (Lipinski definition) is 0. The van der Waals surface area contributed by atoms with Crippen LogP contribution in [0.15, 0.2) is 48.5 Å². The van der Waals surface area contributed by atoms with E-state index >= 15 is 0 Å². The molecule has 0 saturated carbocycles. The topological polar surface area (TPSA) is 6.48 Å². The fraction of sp³-hybridized carbons (Fsp3) is 0.429. The van der Waals surface area contributed by atoms with Crippen LogP contribution in [0.3, 0.4) is 0 Å². The lowest BCUT2D eigenvalue weighted by molar-refractivity contribution is 0.104. The molecule has 0 bridgehead atoms. The van der Waals surface area contributed by atoms with E-state index in [2.05, 4.69) is 79.1 Å². The van der Waals surface area contributed by atoms with Crippen LogP contribution in [0.2, 0.25) is 0 Å². The minimum atomic E-state index is 0.672. The summed E-state index contributed by atoms with van der Waals surface area (Å²) < 4.78 is 0. The Bertz CT molecular complexity index is 605. The van der Waals surface area contributed by atoms with E-state index in [1.54, 1.807) is 0 Å². The number of hydrogen-bond acceptors (Lipinski definition) is 2. The second kappa shape index (κ2) is 7.29. The van der Waals surface area contributed by atoms with Crippen LogP contribution in [0.25, 0.3) is 11.1 Å². The number of benzene rings is 2. The van der Waals surface area contributed by atoms with E-state index in [9.17, 15) is 0 Å². The Morgan fingerprint density at radius 1 is 0.783 bits per heavy atom. The Labute approximate surface area is 140 Å². The second-order valence-corrected chi connectivity index (χ2v) is 6.97. The molecule has 23 heavy (non-hydrogen) atoms. The highest BCUT2D eigenvalue weighted by Gasteiger charge is 2.18. The van der Waals surface area contributed by atoms with Gasteiger partial charge in [0.25, 0.3) is 0 Å². The van der Waals surface area contributed by atoms with Gasteiger partial charge in [0.15, 0.2) is 0 Å². The van der Waals surface area contributed by atoms with Gasteiger partial charge in [-0.2, -0.15) is 0 Å². The van der Waals surface area contributed by atoms with E-state index in [1.807, 2.05) is 0 Å². The van der Waals surface area contributed by atoms with Crippen molar-refractivity contribution in [2.75, 3.05) is 26.2 Å². The second-order valence-electron chi connectivity index (χ2n) is 6.97. The van der Waals surface area contributed by atoms with Gasteiger partial charge in [-0.05, 0) is 37.5 Å². The third-order valence-electron chi connectivity index (χ3n) is 4.88. The summed E-state index contributed by atoms with van der Waals surface area (Å²) >= 11 is 0. The molecule has 0 N–H and O–H groups in total. The predicted octanol–water partition coefficient (Wildman–Crippen LogP) is 4.19. The lowest BCUT2D eigenvalue weighted by Crippen LogP contribution is -2.48. The molecular formula is C21H28N2. The zero-order valence-electron chi connectivity index (χ0n) is 14.6. The molecule has 0 aromatic heterocycles. The van der Waals surface area contributed by atoms with Crippen molar-refractivity contribution in [1.82, 2.24) is 9.80 Å². The Hall–Kier alpha value is -1.64. The number of rotatable bonds is 4. The maximum absolute atomic E-state index is 2.57. The third kappa shape index (κ3) is 4.21. The monoisotopic (exact) mass is 308 g/mol. The maximum Gasteiger partial charge on any atom is 0.0234 e. The summed E-state index contributed by atoms with van der Waals surface area (Å²) in [7, 11) is 0. The third-order valence-corrected chi connectivity index (χ3v) is 4.88. The average molecular weight is 308 g/mol. The van der Waals surface area contributed by atoms with Crippen LogP contribution in [0.5, 0.6) is 0 Å². The van der Waals surface area contributed by atoms with Gasteiger partial charge in [-0.3, -0.25) is 9.80 Å². The van der Waals surface area contributed by atoms with Gasteiger partial charge in [0.2, 0.25) is 0 Å². The fourth-order valence-electron chi connectivity index (χ4n) is 3.24. The molecule has 0 atom stereocenters. The van der Waals surface area contributed by atoms with Crippen LogP contribution < -0.4 is 0 Å². The zero-order valence-corrected chi connectivity index (χ0v) is 14.6. The lowest BCUT2D eigenvalue weighted by Gasteiger charge is -2.36. The van der Waals surface area contributed by atoms with Gasteiger partial charge in [0.1, 0.15) is 0 Å². The molecule has 3 rings (SSSR count). The van der Waals surface area contributed by atoms with Gasteiger partial charge in [0, 0.05) is 38.8 Å². The molecule has 2 aromatic carbocycles. The molecular weight excluding hydrogens is 280 g/mol. The highest BCUT2D eigenvalue weighted by Crippen LogP contribution is 2.21. The highest BCUT2D eigenvalue weighted by molar-refractivity contribution is 5.63. The van der Waals surface area contributed by atoms with Crippen LogP contribution in [-0.4, -0.2) is 42.0 Å². The molecule has 1 saturated heterocycles. The molecule has 1 fully saturated rings. The van der Waals surface area contributed by atoms with Crippen molar-refractivity contribution in [3.05, 3.63) is 59.7 Å². The molecule has 1 heterocycles. The Morgan fingerprint density at radius 2 is 1.30 bits per heavy atom. The molecule has 2 nitrogen and oxygen atoms in total. The molecule has 2 aromatic rings. The van der Waals surface area contributed by atoms with Crippen molar-refractivity contribution in [2.45, 2.75) is 33.4 Å². The summed E-state index contributed by atoms with van der Waals surface area (Å²) in [6.07, 6.45) is 0. The van der Waals surface area contributed by atoms with E-state index < -0.39 is 0 Å². The Kier molecular flexibility index (Phi) is 5.14. The molecule has 2 heteroatoms. The number of aryl methyl sites for hydroxylation is 1. The SMILES string of the molecule is Cc1ccc(-c2ccc(CN3CCN(C(C)C)CC3)cc2)cc1. The maximum atomic E-state index is 2.57. The van der Waals surface area contributed by atoms with Gasteiger partial charge < -0.3 is 0 Å². The highest BCUT2D eigenvalue weighted by atomic mass is 15.3. The first-order valence-corrected chi connectivity index (χ1v) is 8.74. The van der Waals surface area contributed by atoms with Gasteiger partial charge in [0.05, 0.1) is 0 Å². The van der Waals surface area contributed by atoms with Crippen LogP contribution in [-0.2, 0) is 6.54 Å². The van der Waals surface area contributed by atoms with Crippen molar-refractivity contribution in [2.24, 2.45) is 0 Å². The van der Waals surface area contributed by atoms with Crippen molar-refractivity contribution >= 4 is 0 Å². The number of piperazine rings is 1. The van der Waals surface area contributed by atoms with E-state index in [4.69, 9.17) is 0 Å². The average Bonchev–Trinajstić information content (AvgIpc) is 2.57. The standard InChI is InChI=1S/C21H28N2/c1-17(2)23-14-12-22(13-15-23)16-19-6-10-21(11-7-19)20-8-4-18(3)5-9-20/h4-11,17H,12-16H2,1-3H3. The van der Waals surface area contributed by atoms with E-state index in [1.165, 1.54) is 48.4 Å². The van der Waals surface area contributed by atoms with E-state index in [0.717, 1.165) is 6.54 Å². The minimum absolute atomic E-state index is 0.672. The molecule has 0 unspecified atom stereocenters. The predicted molar refractivity (Wildman–Crippen MR) is 98.6 cm³/mol. The lowest BCUT2D eigenvalue weighted by atomic mass is 10.0. The van der Waals surface area contributed by atoms with Crippen molar-refractivity contribution in [3.63, 3.8) is 0 Å². The van der Waals surface area contributed by atoms with Crippen molar-refractivity contribution < 1.29 is 0 Å². The van der Waals surface area contributed by atoms with E-state index in [0.29, 0.717) is 6.04 Å². The van der Waals surface area contributed by atoms with Crippen LogP contribution in [0.1, 0.15) is 25.0 Å². The van der Waals surface area contributed by atoms with Gasteiger partial charge >= 0.3 is 0 Å². The molecule has 0 spiro atoms. The van der Waals surface area contributed by atoms with Gasteiger partial charge in [-0.1, -0.05) is 54.1 Å². The van der Waals surface area contributed by atoms with Gasteiger partial charge in [-0.15, -0.1) is 0 Å². The Balaban J connectivity index is 1.59. The zero-order chi connectivity index (χ0) is 16.2. The summed E-state index contributed by atoms with van der Waals surface area (Å²) in [5.74, 6) is 0. The van der Waals surface area contributed by atoms with Gasteiger partial charge in [-0.25, -0.2) is 0 Å². The molecule has 0 aliphatic carbocycles. The van der Waals surface area contributed by atoms with Crippen LogP contribution >= 0.6 is 0 Å². The summed E-state index contributed by atoms with van der Waals surface area (Å²) in [5, 5.41) is 0. The molecule has 0 radical (unpaired) electrons. The summed E-state index contributed by atoms with van der Waals surface area (Å²) in [6.45, 7) is 12.5. The molecule has 122 valence electrons. The molecule has 0 amide bonds. The van der Waals surface area contributed by atoms with Crippen LogP contribution in [0.4, 0.5) is 0 Å². The normalized spacial score (nSPS) is 16.9. The van der Waals surface area contributed by atoms with Crippen molar-refractivity contribution in [3.8, 4) is 11.1 Å². The first-order chi connectivity index (χ1) is 11.1. The largest absolute Gasteiger partial charge is 0.298 e. The summed E-state index contributed by atoms with van der Waals surface area (Å²) in [6, 6.07) is 18.5. The molecule has 1 aliphatic heterocycles. The van der Waals surface area contributed by atoms with Crippen molar-refractivity contribution in [1.29, 1.82) is 0 Å². The molecule has 1 aliphatic rings. The fourth-order valence-corrected chi connectivity index (χ4v) is 3.24. The minimum Gasteiger partial charge on any atom is -0.298 e. The summed E-state index contributed by atoms with van der Waals surface area (Å²) in [4.78, 5) is 5.14. The van der Waals surface area contributed by atoms with Crippen LogP contribution in [0, 0.1) is 6.92 Å². The number of nitrogens with zero attached hydrogens (tertiary/aromatic N) is 2. The Morgan fingerprint density at radius 3 is 1.83 bits per heavy atom. The smallest absolute Gasteiger partial charge is 0.0234 e. The first-order valence-electron chi connectivity index (χ1n) is 8.74. The van der Waals surface area contributed by atoms with E-state index in [-0.39, 0.29) is 0 Å².